The fraction of sp³-hybridized carbons (Fsp3) is 0.583. The molecule has 0 amide bonds. The summed E-state index contributed by atoms with van der Waals surface area (Å²) >= 11 is 0. The van der Waals surface area contributed by atoms with E-state index in [9.17, 15) is 0 Å². The van der Waals surface area contributed by atoms with Crippen LogP contribution in [0.2, 0.25) is 0 Å². The van der Waals surface area contributed by atoms with Gasteiger partial charge in [-0.3, -0.25) is 0 Å². The molecule has 0 spiro atoms. The van der Waals surface area contributed by atoms with Gasteiger partial charge in [-0.1, -0.05) is 0 Å². The molecule has 1 aromatic rings. The van der Waals surface area contributed by atoms with E-state index < -0.39 is 0 Å². The monoisotopic (exact) mass is 237 g/mol. The van der Waals surface area contributed by atoms with Gasteiger partial charge in [-0.05, 0) is 25.0 Å². The largest absolute Gasteiger partial charge is 0.493 e. The Morgan fingerprint density at radius 1 is 1.53 bits per heavy atom. The molecule has 5 heteroatoms. The lowest BCUT2D eigenvalue weighted by Gasteiger charge is -2.37. The minimum Gasteiger partial charge on any atom is -0.493 e. The highest BCUT2D eigenvalue weighted by molar-refractivity contribution is 5.51. The number of hydrogen-bond acceptors (Lipinski definition) is 5. The van der Waals surface area contributed by atoms with Crippen LogP contribution >= 0.6 is 0 Å². The van der Waals surface area contributed by atoms with Gasteiger partial charge >= 0.3 is 0 Å². The van der Waals surface area contributed by atoms with Crippen LogP contribution in [0.4, 0.5) is 5.82 Å². The van der Waals surface area contributed by atoms with Crippen LogP contribution in [-0.2, 0) is 4.74 Å². The van der Waals surface area contributed by atoms with E-state index in [1.54, 1.807) is 13.3 Å². The molecule has 5 nitrogen and oxygen atoms in total. The topological polar surface area (TPSA) is 69.4 Å². The van der Waals surface area contributed by atoms with Crippen molar-refractivity contribution in [1.82, 2.24) is 4.98 Å². The van der Waals surface area contributed by atoms with Crippen LogP contribution < -0.4 is 15.8 Å². The van der Waals surface area contributed by atoms with Gasteiger partial charge in [-0.2, -0.15) is 0 Å². The molecule has 17 heavy (non-hydrogen) atoms. The second-order valence-corrected chi connectivity index (χ2v) is 4.28. The van der Waals surface area contributed by atoms with Gasteiger partial charge in [0.05, 0.1) is 12.6 Å². The molecular weight excluding hydrogens is 218 g/mol. The van der Waals surface area contributed by atoms with E-state index in [0.29, 0.717) is 6.54 Å². The lowest BCUT2D eigenvalue weighted by Crippen LogP contribution is -2.49. The molecule has 1 aliphatic heterocycles. The molecule has 94 valence electrons. The van der Waals surface area contributed by atoms with Gasteiger partial charge in [0.15, 0.2) is 11.6 Å². The molecule has 2 rings (SSSR count). The van der Waals surface area contributed by atoms with Crippen molar-refractivity contribution < 1.29 is 9.47 Å². The number of ether oxygens (including phenoxy) is 2. The minimum atomic E-state index is -0.125. The standard InChI is InChI=1S/C12H19N3O2/c1-16-10-3-2-6-14-11(10)15-12(9-13)4-7-17-8-5-12/h2-3,6H,4-5,7-9,13H2,1H3,(H,14,15). The number of nitrogens with zero attached hydrogens (tertiary/aromatic N) is 1. The summed E-state index contributed by atoms with van der Waals surface area (Å²) in [7, 11) is 1.64. The Hall–Kier alpha value is -1.33. The van der Waals surface area contributed by atoms with E-state index in [-0.39, 0.29) is 5.54 Å². The summed E-state index contributed by atoms with van der Waals surface area (Å²) in [6.45, 7) is 2.04. The van der Waals surface area contributed by atoms with Crippen LogP contribution in [0.3, 0.4) is 0 Å². The second-order valence-electron chi connectivity index (χ2n) is 4.28. The maximum Gasteiger partial charge on any atom is 0.169 e. The van der Waals surface area contributed by atoms with Crippen molar-refractivity contribution in [3.63, 3.8) is 0 Å². The van der Waals surface area contributed by atoms with Gasteiger partial charge in [0, 0.05) is 26.0 Å². The third-order valence-electron chi connectivity index (χ3n) is 3.21. The van der Waals surface area contributed by atoms with Crippen LogP contribution in [0, 0.1) is 0 Å². The van der Waals surface area contributed by atoms with Crippen LogP contribution in [-0.4, -0.2) is 37.4 Å². The second kappa shape index (κ2) is 5.33. The number of nitrogens with two attached hydrogens (primary N) is 1. The zero-order valence-electron chi connectivity index (χ0n) is 10.1. The maximum absolute atomic E-state index is 5.89. The molecule has 0 aromatic carbocycles. The molecule has 1 aliphatic rings. The van der Waals surface area contributed by atoms with Gasteiger partial charge in [-0.25, -0.2) is 4.98 Å². The predicted molar refractivity (Wildman–Crippen MR) is 66.3 cm³/mol. The predicted octanol–water partition coefficient (Wildman–Crippen LogP) is 1.01. The summed E-state index contributed by atoms with van der Waals surface area (Å²) in [5.41, 5.74) is 5.77. The minimum absolute atomic E-state index is 0.125. The quantitative estimate of drug-likeness (QED) is 0.818. The van der Waals surface area contributed by atoms with Crippen molar-refractivity contribution in [3.8, 4) is 5.75 Å². The van der Waals surface area contributed by atoms with Crippen molar-refractivity contribution >= 4 is 5.82 Å². The number of anilines is 1. The summed E-state index contributed by atoms with van der Waals surface area (Å²) < 4.78 is 10.7. The molecule has 0 unspecified atom stereocenters. The van der Waals surface area contributed by atoms with E-state index >= 15 is 0 Å². The first-order valence-corrected chi connectivity index (χ1v) is 5.85. The van der Waals surface area contributed by atoms with Crippen molar-refractivity contribution in [3.05, 3.63) is 18.3 Å². The van der Waals surface area contributed by atoms with E-state index in [1.165, 1.54) is 0 Å². The number of rotatable bonds is 4. The first-order chi connectivity index (χ1) is 8.29. The van der Waals surface area contributed by atoms with Crippen molar-refractivity contribution in [1.29, 1.82) is 0 Å². The average molecular weight is 237 g/mol. The smallest absolute Gasteiger partial charge is 0.169 e. The molecule has 1 aromatic heterocycles. The Kier molecular flexibility index (Phi) is 3.81. The molecule has 3 N–H and O–H groups in total. The van der Waals surface area contributed by atoms with Gasteiger partial charge < -0.3 is 20.5 Å². The molecular formula is C12H19N3O2. The Morgan fingerprint density at radius 3 is 2.94 bits per heavy atom. The fourth-order valence-electron chi connectivity index (χ4n) is 2.04. The number of hydrogen-bond donors (Lipinski definition) is 2. The molecule has 2 heterocycles. The Balaban J connectivity index is 2.17. The molecule has 0 saturated carbocycles. The van der Waals surface area contributed by atoms with Gasteiger partial charge in [0.25, 0.3) is 0 Å². The first-order valence-electron chi connectivity index (χ1n) is 5.85. The van der Waals surface area contributed by atoms with Crippen LogP contribution in [0.25, 0.3) is 0 Å². The number of aromatic nitrogens is 1. The first kappa shape index (κ1) is 12.1. The summed E-state index contributed by atoms with van der Waals surface area (Å²) in [5.74, 6) is 1.49. The highest BCUT2D eigenvalue weighted by atomic mass is 16.5. The lowest BCUT2D eigenvalue weighted by atomic mass is 9.90. The van der Waals surface area contributed by atoms with E-state index in [0.717, 1.165) is 37.6 Å². The molecule has 0 bridgehead atoms. The van der Waals surface area contributed by atoms with Gasteiger partial charge in [0.2, 0.25) is 0 Å². The summed E-state index contributed by atoms with van der Waals surface area (Å²) in [6.07, 6.45) is 3.53. The summed E-state index contributed by atoms with van der Waals surface area (Å²) in [6, 6.07) is 3.74. The number of nitrogens with one attached hydrogen (secondary N) is 1. The average Bonchev–Trinajstić information content (AvgIpc) is 2.40. The fourth-order valence-corrected chi connectivity index (χ4v) is 2.04. The number of methoxy groups -OCH3 is 1. The van der Waals surface area contributed by atoms with E-state index in [2.05, 4.69) is 10.3 Å². The Bertz CT molecular complexity index is 365. The molecule has 0 radical (unpaired) electrons. The third kappa shape index (κ3) is 2.68. The van der Waals surface area contributed by atoms with Gasteiger partial charge in [0.1, 0.15) is 0 Å². The van der Waals surface area contributed by atoms with E-state index in [4.69, 9.17) is 15.2 Å². The summed E-state index contributed by atoms with van der Waals surface area (Å²) in [5, 5.41) is 3.42. The SMILES string of the molecule is COc1cccnc1NC1(CN)CCOCC1. The zero-order chi connectivity index (χ0) is 12.1. The lowest BCUT2D eigenvalue weighted by molar-refractivity contribution is 0.0626. The molecule has 0 atom stereocenters. The third-order valence-corrected chi connectivity index (χ3v) is 3.21. The summed E-state index contributed by atoms with van der Waals surface area (Å²) in [4.78, 5) is 4.30. The Labute approximate surface area is 101 Å². The molecule has 1 saturated heterocycles. The highest BCUT2D eigenvalue weighted by Crippen LogP contribution is 2.28. The Morgan fingerprint density at radius 2 is 2.29 bits per heavy atom. The van der Waals surface area contributed by atoms with Crippen LogP contribution in [0.5, 0.6) is 5.75 Å². The van der Waals surface area contributed by atoms with Gasteiger partial charge in [-0.15, -0.1) is 0 Å². The zero-order valence-corrected chi connectivity index (χ0v) is 10.1. The van der Waals surface area contributed by atoms with Crippen molar-refractivity contribution in [2.45, 2.75) is 18.4 Å². The van der Waals surface area contributed by atoms with Crippen molar-refractivity contribution in [2.24, 2.45) is 5.73 Å². The molecule has 1 fully saturated rings. The van der Waals surface area contributed by atoms with Crippen LogP contribution in [0.1, 0.15) is 12.8 Å². The van der Waals surface area contributed by atoms with E-state index in [1.807, 2.05) is 12.1 Å². The maximum atomic E-state index is 5.89. The highest BCUT2D eigenvalue weighted by Gasteiger charge is 2.32. The van der Waals surface area contributed by atoms with Crippen LogP contribution in [0.15, 0.2) is 18.3 Å². The molecule has 0 aliphatic carbocycles. The number of pyridine rings is 1. The van der Waals surface area contributed by atoms with Crippen molar-refractivity contribution in [2.75, 3.05) is 32.2 Å². The normalized spacial score (nSPS) is 18.7.